The highest BCUT2D eigenvalue weighted by atomic mass is 16.5. The topological polar surface area (TPSA) is 35.2 Å². The van der Waals surface area contributed by atoms with Crippen molar-refractivity contribution in [2.75, 3.05) is 7.11 Å². The summed E-state index contributed by atoms with van der Waals surface area (Å²) < 4.78 is 5.43. The van der Waals surface area contributed by atoms with E-state index in [2.05, 4.69) is 26.0 Å². The van der Waals surface area contributed by atoms with Crippen LogP contribution in [0.4, 0.5) is 0 Å². The lowest BCUT2D eigenvalue weighted by Gasteiger charge is -2.42. The minimum Gasteiger partial charge on any atom is -0.496 e. The fourth-order valence-electron chi connectivity index (χ4n) is 3.58. The van der Waals surface area contributed by atoms with Crippen LogP contribution in [0.5, 0.6) is 5.75 Å². The van der Waals surface area contributed by atoms with Crippen LogP contribution >= 0.6 is 0 Å². The molecule has 106 valence electrons. The minimum absolute atomic E-state index is 0.228. The molecule has 2 rings (SSSR count). The molecule has 1 fully saturated rings. The Labute approximate surface area is 117 Å². The van der Waals surface area contributed by atoms with Gasteiger partial charge in [0.25, 0.3) is 0 Å². The van der Waals surface area contributed by atoms with Crippen molar-refractivity contribution < 1.29 is 4.74 Å². The molecule has 0 amide bonds. The van der Waals surface area contributed by atoms with Gasteiger partial charge in [-0.05, 0) is 42.2 Å². The van der Waals surface area contributed by atoms with Crippen LogP contribution in [0.3, 0.4) is 0 Å². The first-order valence-corrected chi connectivity index (χ1v) is 7.42. The van der Waals surface area contributed by atoms with Gasteiger partial charge in [-0.25, -0.2) is 0 Å². The number of nitrogens with two attached hydrogens (primary N) is 1. The molecule has 2 atom stereocenters. The second kappa shape index (κ2) is 5.96. The number of methoxy groups -OCH3 is 1. The molecular weight excluding hydrogens is 234 g/mol. The number of para-hydroxylation sites is 1. The first-order chi connectivity index (χ1) is 9.04. The van der Waals surface area contributed by atoms with Gasteiger partial charge in [-0.2, -0.15) is 0 Å². The van der Waals surface area contributed by atoms with E-state index in [1.165, 1.54) is 31.2 Å². The molecule has 0 aliphatic heterocycles. The summed E-state index contributed by atoms with van der Waals surface area (Å²) >= 11 is 0. The van der Waals surface area contributed by atoms with Gasteiger partial charge in [-0.15, -0.1) is 0 Å². The Morgan fingerprint density at radius 3 is 2.74 bits per heavy atom. The molecule has 0 bridgehead atoms. The van der Waals surface area contributed by atoms with Gasteiger partial charge in [-0.1, -0.05) is 44.9 Å². The molecule has 1 aromatic carbocycles. The van der Waals surface area contributed by atoms with E-state index in [-0.39, 0.29) is 6.04 Å². The first kappa shape index (κ1) is 14.4. The van der Waals surface area contributed by atoms with E-state index in [0.717, 1.165) is 12.2 Å². The summed E-state index contributed by atoms with van der Waals surface area (Å²) in [4.78, 5) is 0. The normalized spacial score (nSPS) is 23.9. The molecule has 1 aromatic rings. The van der Waals surface area contributed by atoms with Crippen LogP contribution in [0.25, 0.3) is 0 Å². The molecule has 1 saturated carbocycles. The smallest absolute Gasteiger partial charge is 0.122 e. The number of hydrogen-bond acceptors (Lipinski definition) is 2. The fourth-order valence-corrected chi connectivity index (χ4v) is 3.58. The molecule has 0 heterocycles. The fraction of sp³-hybridized carbons (Fsp3) is 0.647. The predicted octanol–water partition coefficient (Wildman–Crippen LogP) is 3.78. The summed E-state index contributed by atoms with van der Waals surface area (Å²) in [5.41, 5.74) is 8.13. The van der Waals surface area contributed by atoms with Crippen LogP contribution in [0.1, 0.15) is 45.1 Å². The Kier molecular flexibility index (Phi) is 4.51. The summed E-state index contributed by atoms with van der Waals surface area (Å²) in [6.07, 6.45) is 6.16. The van der Waals surface area contributed by atoms with Gasteiger partial charge < -0.3 is 10.5 Å². The Morgan fingerprint density at radius 2 is 2.05 bits per heavy atom. The molecule has 0 radical (unpaired) electrons. The summed E-state index contributed by atoms with van der Waals surface area (Å²) in [6.45, 7) is 4.75. The SMILES string of the molecule is COc1ccccc1CC(N)C1CCCCC1(C)C. The number of benzene rings is 1. The lowest BCUT2D eigenvalue weighted by atomic mass is 9.65. The standard InChI is InChI=1S/C17H27NO/c1-17(2)11-7-6-9-14(17)15(18)12-13-8-4-5-10-16(13)19-3/h4-5,8,10,14-15H,6-7,9,11-12,18H2,1-3H3. The monoisotopic (exact) mass is 261 g/mol. The van der Waals surface area contributed by atoms with Gasteiger partial charge in [0.15, 0.2) is 0 Å². The van der Waals surface area contributed by atoms with Crippen LogP contribution in [-0.2, 0) is 6.42 Å². The van der Waals surface area contributed by atoms with E-state index in [9.17, 15) is 0 Å². The second-order valence-corrected chi connectivity index (χ2v) is 6.52. The molecule has 0 aromatic heterocycles. The highest BCUT2D eigenvalue weighted by Crippen LogP contribution is 2.42. The van der Waals surface area contributed by atoms with E-state index in [0.29, 0.717) is 11.3 Å². The van der Waals surface area contributed by atoms with Gasteiger partial charge in [0.2, 0.25) is 0 Å². The molecule has 2 N–H and O–H groups in total. The second-order valence-electron chi connectivity index (χ2n) is 6.52. The molecule has 19 heavy (non-hydrogen) atoms. The maximum atomic E-state index is 6.52. The summed E-state index contributed by atoms with van der Waals surface area (Å²) in [6, 6.07) is 8.46. The Morgan fingerprint density at radius 1 is 1.32 bits per heavy atom. The quantitative estimate of drug-likeness (QED) is 0.895. The van der Waals surface area contributed by atoms with E-state index in [4.69, 9.17) is 10.5 Å². The van der Waals surface area contributed by atoms with Crippen molar-refractivity contribution in [2.24, 2.45) is 17.1 Å². The maximum absolute atomic E-state index is 6.52. The van der Waals surface area contributed by atoms with Gasteiger partial charge in [0, 0.05) is 6.04 Å². The maximum Gasteiger partial charge on any atom is 0.122 e. The first-order valence-electron chi connectivity index (χ1n) is 7.42. The van der Waals surface area contributed by atoms with Crippen LogP contribution in [0.15, 0.2) is 24.3 Å². The van der Waals surface area contributed by atoms with Crippen molar-refractivity contribution in [3.05, 3.63) is 29.8 Å². The van der Waals surface area contributed by atoms with Crippen molar-refractivity contribution in [2.45, 2.75) is 52.0 Å². The molecule has 2 nitrogen and oxygen atoms in total. The zero-order chi connectivity index (χ0) is 13.9. The average molecular weight is 261 g/mol. The lowest BCUT2D eigenvalue weighted by molar-refractivity contribution is 0.112. The van der Waals surface area contributed by atoms with Crippen LogP contribution in [-0.4, -0.2) is 13.2 Å². The van der Waals surface area contributed by atoms with E-state index in [1.54, 1.807) is 7.11 Å². The zero-order valence-electron chi connectivity index (χ0n) is 12.5. The summed E-state index contributed by atoms with van der Waals surface area (Å²) in [5, 5.41) is 0. The van der Waals surface area contributed by atoms with Crippen molar-refractivity contribution >= 4 is 0 Å². The van der Waals surface area contributed by atoms with Gasteiger partial charge >= 0.3 is 0 Å². The van der Waals surface area contributed by atoms with Gasteiger partial charge in [0.1, 0.15) is 5.75 Å². The summed E-state index contributed by atoms with van der Waals surface area (Å²) in [7, 11) is 1.73. The molecule has 2 heteroatoms. The van der Waals surface area contributed by atoms with Gasteiger partial charge in [-0.3, -0.25) is 0 Å². The number of ether oxygens (including phenoxy) is 1. The Bertz CT molecular complexity index is 413. The third-order valence-corrected chi connectivity index (χ3v) is 4.75. The molecule has 1 aliphatic carbocycles. The third-order valence-electron chi connectivity index (χ3n) is 4.75. The van der Waals surface area contributed by atoms with E-state index in [1.807, 2.05) is 12.1 Å². The van der Waals surface area contributed by atoms with E-state index >= 15 is 0 Å². The largest absolute Gasteiger partial charge is 0.496 e. The van der Waals surface area contributed by atoms with Crippen molar-refractivity contribution in [3.8, 4) is 5.75 Å². The van der Waals surface area contributed by atoms with Crippen LogP contribution in [0.2, 0.25) is 0 Å². The van der Waals surface area contributed by atoms with Gasteiger partial charge in [0.05, 0.1) is 7.11 Å². The summed E-state index contributed by atoms with van der Waals surface area (Å²) in [5.74, 6) is 1.58. The number of hydrogen-bond donors (Lipinski definition) is 1. The van der Waals surface area contributed by atoms with Crippen molar-refractivity contribution in [3.63, 3.8) is 0 Å². The molecule has 0 spiro atoms. The highest BCUT2D eigenvalue weighted by molar-refractivity contribution is 5.34. The van der Waals surface area contributed by atoms with E-state index < -0.39 is 0 Å². The van der Waals surface area contributed by atoms with Crippen LogP contribution < -0.4 is 10.5 Å². The van der Waals surface area contributed by atoms with Crippen LogP contribution in [0, 0.1) is 11.3 Å². The van der Waals surface area contributed by atoms with Crippen molar-refractivity contribution in [1.82, 2.24) is 0 Å². The molecule has 2 unspecified atom stereocenters. The van der Waals surface area contributed by atoms with Crippen molar-refractivity contribution in [1.29, 1.82) is 0 Å². The zero-order valence-corrected chi connectivity index (χ0v) is 12.5. The molecule has 0 saturated heterocycles. The minimum atomic E-state index is 0.228. The third kappa shape index (κ3) is 3.30. The number of rotatable bonds is 4. The average Bonchev–Trinajstić information content (AvgIpc) is 2.38. The molecule has 1 aliphatic rings. The Balaban J connectivity index is 2.09. The highest BCUT2D eigenvalue weighted by Gasteiger charge is 2.36. The molecular formula is C17H27NO. The predicted molar refractivity (Wildman–Crippen MR) is 80.4 cm³/mol. The Hall–Kier alpha value is -1.02. The lowest BCUT2D eigenvalue weighted by Crippen LogP contribution is -2.43.